The van der Waals surface area contributed by atoms with Crippen molar-refractivity contribution in [3.05, 3.63) is 59.7 Å². The van der Waals surface area contributed by atoms with Crippen LogP contribution in [-0.4, -0.2) is 61.6 Å². The van der Waals surface area contributed by atoms with Crippen LogP contribution >= 0.6 is 0 Å². The summed E-state index contributed by atoms with van der Waals surface area (Å²) < 4.78 is 5.32. The molecule has 2 aromatic rings. The fourth-order valence-electron chi connectivity index (χ4n) is 3.58. The number of ether oxygens (including phenoxy) is 1. The molecule has 0 saturated carbocycles. The molecule has 2 N–H and O–H groups in total. The zero-order chi connectivity index (χ0) is 21.3. The quantitative estimate of drug-likeness (QED) is 0.736. The van der Waals surface area contributed by atoms with Crippen LogP contribution in [0.15, 0.2) is 48.5 Å². The van der Waals surface area contributed by atoms with E-state index in [1.165, 1.54) is 0 Å². The van der Waals surface area contributed by atoms with Gasteiger partial charge in [-0.1, -0.05) is 43.3 Å². The summed E-state index contributed by atoms with van der Waals surface area (Å²) in [7, 11) is 1.62. The summed E-state index contributed by atoms with van der Waals surface area (Å²) >= 11 is 0. The molecule has 7 nitrogen and oxygen atoms in total. The van der Waals surface area contributed by atoms with Gasteiger partial charge in [-0.15, -0.1) is 0 Å². The van der Waals surface area contributed by atoms with Gasteiger partial charge >= 0.3 is 6.03 Å². The Morgan fingerprint density at radius 2 is 1.63 bits per heavy atom. The molecule has 0 aromatic heterocycles. The molecule has 3 amide bonds. The van der Waals surface area contributed by atoms with Gasteiger partial charge in [-0.05, 0) is 24.1 Å². The van der Waals surface area contributed by atoms with Crippen LogP contribution in [0.3, 0.4) is 0 Å². The molecule has 2 aromatic carbocycles. The van der Waals surface area contributed by atoms with Crippen LogP contribution in [0.4, 0.5) is 10.5 Å². The second kappa shape index (κ2) is 10.6. The van der Waals surface area contributed by atoms with Gasteiger partial charge in [0.2, 0.25) is 5.91 Å². The van der Waals surface area contributed by atoms with Crippen LogP contribution in [-0.2, 0) is 17.8 Å². The van der Waals surface area contributed by atoms with E-state index in [2.05, 4.69) is 22.5 Å². The van der Waals surface area contributed by atoms with Gasteiger partial charge in [0.25, 0.3) is 0 Å². The second-order valence-corrected chi connectivity index (χ2v) is 7.29. The Labute approximate surface area is 178 Å². The van der Waals surface area contributed by atoms with Crippen molar-refractivity contribution in [1.82, 2.24) is 15.1 Å². The van der Waals surface area contributed by atoms with E-state index < -0.39 is 0 Å². The number of piperazine rings is 1. The fraction of sp³-hybridized carbons (Fsp3) is 0.391. The number of urea groups is 1. The van der Waals surface area contributed by atoms with E-state index >= 15 is 0 Å². The van der Waals surface area contributed by atoms with E-state index in [-0.39, 0.29) is 11.9 Å². The lowest BCUT2D eigenvalue weighted by atomic mass is 10.1. The normalized spacial score (nSPS) is 14.3. The Hall–Kier alpha value is -3.06. The van der Waals surface area contributed by atoms with Crippen LogP contribution in [0, 0.1) is 0 Å². The Kier molecular flexibility index (Phi) is 7.68. The number of hydrogen-bond donors (Lipinski definition) is 2. The van der Waals surface area contributed by atoms with Crippen LogP contribution < -0.4 is 15.4 Å². The molecular formula is C23H30N4O3. The summed E-state index contributed by atoms with van der Waals surface area (Å²) in [5.41, 5.74) is 2.94. The number of carbonyl (C=O) groups is 2. The van der Waals surface area contributed by atoms with Gasteiger partial charge in [0.05, 0.1) is 13.7 Å². The highest BCUT2D eigenvalue weighted by Crippen LogP contribution is 2.17. The minimum Gasteiger partial charge on any atom is -0.496 e. The van der Waals surface area contributed by atoms with Gasteiger partial charge in [-0.25, -0.2) is 4.79 Å². The molecule has 1 fully saturated rings. The van der Waals surface area contributed by atoms with E-state index in [4.69, 9.17) is 4.74 Å². The number of aryl methyl sites for hydroxylation is 1. The largest absolute Gasteiger partial charge is 0.496 e. The molecule has 0 atom stereocenters. The third kappa shape index (κ3) is 5.73. The number of rotatable bonds is 7. The van der Waals surface area contributed by atoms with Gasteiger partial charge in [-0.2, -0.15) is 0 Å². The Bertz CT molecular complexity index is 863. The summed E-state index contributed by atoms with van der Waals surface area (Å²) in [6.07, 6.45) is 0.874. The first-order chi connectivity index (χ1) is 14.6. The van der Waals surface area contributed by atoms with Crippen molar-refractivity contribution in [1.29, 1.82) is 0 Å². The minimum atomic E-state index is -0.0955. The van der Waals surface area contributed by atoms with Crippen LogP contribution in [0.5, 0.6) is 5.75 Å². The first kappa shape index (κ1) is 21.6. The molecule has 1 heterocycles. The summed E-state index contributed by atoms with van der Waals surface area (Å²) in [4.78, 5) is 28.8. The number of amides is 3. The third-order valence-corrected chi connectivity index (χ3v) is 5.32. The monoisotopic (exact) mass is 410 g/mol. The molecule has 0 aliphatic carbocycles. The van der Waals surface area contributed by atoms with E-state index in [0.717, 1.165) is 29.0 Å². The fourth-order valence-corrected chi connectivity index (χ4v) is 3.58. The highest BCUT2D eigenvalue weighted by molar-refractivity contribution is 5.93. The lowest BCUT2D eigenvalue weighted by Gasteiger charge is -2.34. The van der Waals surface area contributed by atoms with E-state index in [1.54, 1.807) is 12.0 Å². The van der Waals surface area contributed by atoms with Crippen molar-refractivity contribution < 1.29 is 14.3 Å². The lowest BCUT2D eigenvalue weighted by molar-refractivity contribution is -0.117. The first-order valence-electron chi connectivity index (χ1n) is 10.4. The molecule has 30 heavy (non-hydrogen) atoms. The van der Waals surface area contributed by atoms with Gasteiger partial charge in [0, 0.05) is 44.0 Å². The number of carbonyl (C=O) groups excluding carboxylic acids is 2. The van der Waals surface area contributed by atoms with E-state index in [0.29, 0.717) is 39.3 Å². The van der Waals surface area contributed by atoms with Crippen LogP contribution in [0.25, 0.3) is 0 Å². The maximum absolute atomic E-state index is 12.5. The maximum atomic E-state index is 12.5. The van der Waals surface area contributed by atoms with Crippen LogP contribution in [0.2, 0.25) is 0 Å². The molecule has 1 aliphatic rings. The minimum absolute atomic E-state index is 0.0232. The maximum Gasteiger partial charge on any atom is 0.317 e. The Morgan fingerprint density at radius 1 is 0.967 bits per heavy atom. The third-order valence-electron chi connectivity index (χ3n) is 5.32. The zero-order valence-electron chi connectivity index (χ0n) is 17.7. The Balaban J connectivity index is 1.43. The smallest absolute Gasteiger partial charge is 0.317 e. The zero-order valence-corrected chi connectivity index (χ0v) is 17.7. The van der Waals surface area contributed by atoms with Gasteiger partial charge in [0.15, 0.2) is 0 Å². The highest BCUT2D eigenvalue weighted by atomic mass is 16.5. The first-order valence-corrected chi connectivity index (χ1v) is 10.4. The number of benzene rings is 2. The number of para-hydroxylation sites is 2. The van der Waals surface area contributed by atoms with Gasteiger partial charge in [-0.3, -0.25) is 9.69 Å². The molecule has 0 radical (unpaired) electrons. The molecule has 7 heteroatoms. The molecule has 0 spiro atoms. The number of nitrogens with zero attached hydrogens (tertiary/aromatic N) is 2. The molecule has 1 saturated heterocycles. The molecule has 3 rings (SSSR count). The summed E-state index contributed by atoms with van der Waals surface area (Å²) in [5.74, 6) is 0.739. The Morgan fingerprint density at radius 3 is 2.33 bits per heavy atom. The average molecular weight is 411 g/mol. The SMILES string of the molecule is CCc1ccccc1NC(=O)CN1CCN(C(=O)NCc2ccccc2OC)CC1. The van der Waals surface area contributed by atoms with Gasteiger partial charge < -0.3 is 20.3 Å². The number of anilines is 1. The van der Waals surface area contributed by atoms with Crippen molar-refractivity contribution in [2.45, 2.75) is 19.9 Å². The number of hydrogen-bond acceptors (Lipinski definition) is 4. The second-order valence-electron chi connectivity index (χ2n) is 7.29. The van der Waals surface area contributed by atoms with Crippen molar-refractivity contribution in [2.75, 3.05) is 45.2 Å². The van der Waals surface area contributed by atoms with E-state index in [9.17, 15) is 9.59 Å². The van der Waals surface area contributed by atoms with Crippen molar-refractivity contribution in [3.63, 3.8) is 0 Å². The molecule has 1 aliphatic heterocycles. The number of nitrogens with one attached hydrogen (secondary N) is 2. The molecule has 0 unspecified atom stereocenters. The summed E-state index contributed by atoms with van der Waals surface area (Å²) in [6.45, 7) is 5.35. The van der Waals surface area contributed by atoms with Crippen LogP contribution in [0.1, 0.15) is 18.1 Å². The average Bonchev–Trinajstić information content (AvgIpc) is 2.78. The van der Waals surface area contributed by atoms with Crippen molar-refractivity contribution in [2.24, 2.45) is 0 Å². The number of methoxy groups -OCH3 is 1. The predicted octanol–water partition coefficient (Wildman–Crippen LogP) is 2.72. The molecule has 160 valence electrons. The summed E-state index contributed by atoms with van der Waals surface area (Å²) in [6, 6.07) is 15.4. The summed E-state index contributed by atoms with van der Waals surface area (Å²) in [5, 5.41) is 5.96. The standard InChI is InChI=1S/C23H30N4O3/c1-3-18-8-4-6-10-20(18)25-22(28)17-26-12-14-27(15-13-26)23(29)24-16-19-9-5-7-11-21(19)30-2/h4-11H,3,12-17H2,1-2H3,(H,24,29)(H,25,28). The molecule has 0 bridgehead atoms. The highest BCUT2D eigenvalue weighted by Gasteiger charge is 2.22. The van der Waals surface area contributed by atoms with E-state index in [1.807, 2.05) is 48.5 Å². The lowest BCUT2D eigenvalue weighted by Crippen LogP contribution is -2.52. The predicted molar refractivity (Wildman–Crippen MR) is 118 cm³/mol. The van der Waals surface area contributed by atoms with Gasteiger partial charge in [0.1, 0.15) is 5.75 Å². The van der Waals surface area contributed by atoms with Crippen molar-refractivity contribution in [3.8, 4) is 5.75 Å². The molecular weight excluding hydrogens is 380 g/mol. The topological polar surface area (TPSA) is 73.9 Å². The van der Waals surface area contributed by atoms with Crippen molar-refractivity contribution >= 4 is 17.6 Å².